The molecule has 162 valence electrons. The number of aromatic nitrogens is 2. The maximum absolute atomic E-state index is 12.0. The fourth-order valence-electron chi connectivity index (χ4n) is 3.86. The Labute approximate surface area is 179 Å². The SMILES string of the molecule is CCNC(=NCCC(CC)N1CCCC1=O)NCCc1ccc(-n2cccn2)cc1. The van der Waals surface area contributed by atoms with Gasteiger partial charge in [0.1, 0.15) is 0 Å². The summed E-state index contributed by atoms with van der Waals surface area (Å²) in [5.74, 6) is 1.14. The molecule has 2 aromatic rings. The van der Waals surface area contributed by atoms with Crippen LogP contribution in [0.5, 0.6) is 0 Å². The second-order valence-electron chi connectivity index (χ2n) is 7.60. The maximum atomic E-state index is 12.0. The van der Waals surface area contributed by atoms with E-state index in [4.69, 9.17) is 4.99 Å². The Morgan fingerprint density at radius 2 is 2.07 bits per heavy atom. The van der Waals surface area contributed by atoms with Gasteiger partial charge in [0.15, 0.2) is 5.96 Å². The lowest BCUT2D eigenvalue weighted by atomic mass is 10.1. The second kappa shape index (κ2) is 11.4. The first-order chi connectivity index (χ1) is 14.7. The summed E-state index contributed by atoms with van der Waals surface area (Å²) in [5, 5.41) is 11.0. The van der Waals surface area contributed by atoms with Gasteiger partial charge in [-0.05, 0) is 56.4 Å². The van der Waals surface area contributed by atoms with Crippen molar-refractivity contribution in [1.82, 2.24) is 25.3 Å². The molecule has 30 heavy (non-hydrogen) atoms. The van der Waals surface area contributed by atoms with E-state index in [1.165, 1.54) is 5.56 Å². The van der Waals surface area contributed by atoms with Crippen LogP contribution in [-0.4, -0.2) is 58.8 Å². The van der Waals surface area contributed by atoms with Crippen molar-refractivity contribution < 1.29 is 4.79 Å². The number of nitrogens with zero attached hydrogens (tertiary/aromatic N) is 4. The van der Waals surface area contributed by atoms with Crippen molar-refractivity contribution in [3.05, 3.63) is 48.3 Å². The van der Waals surface area contributed by atoms with Crippen molar-refractivity contribution in [3.8, 4) is 5.69 Å². The number of benzene rings is 1. The van der Waals surface area contributed by atoms with Crippen LogP contribution in [-0.2, 0) is 11.2 Å². The molecule has 1 aromatic heterocycles. The number of aliphatic imine (C=N–C) groups is 1. The van der Waals surface area contributed by atoms with E-state index in [9.17, 15) is 4.79 Å². The van der Waals surface area contributed by atoms with E-state index in [0.29, 0.717) is 18.4 Å². The smallest absolute Gasteiger partial charge is 0.222 e. The summed E-state index contributed by atoms with van der Waals surface area (Å²) >= 11 is 0. The van der Waals surface area contributed by atoms with E-state index >= 15 is 0 Å². The summed E-state index contributed by atoms with van der Waals surface area (Å²) in [6, 6.07) is 10.7. The maximum Gasteiger partial charge on any atom is 0.222 e. The molecule has 1 saturated heterocycles. The van der Waals surface area contributed by atoms with Gasteiger partial charge in [-0.2, -0.15) is 5.10 Å². The first-order valence-electron chi connectivity index (χ1n) is 11.1. The Morgan fingerprint density at radius 3 is 2.70 bits per heavy atom. The highest BCUT2D eigenvalue weighted by Crippen LogP contribution is 2.18. The molecule has 1 fully saturated rings. The van der Waals surface area contributed by atoms with E-state index < -0.39 is 0 Å². The molecule has 0 bridgehead atoms. The zero-order chi connectivity index (χ0) is 21.2. The van der Waals surface area contributed by atoms with Crippen molar-refractivity contribution >= 4 is 11.9 Å². The normalized spacial score (nSPS) is 15.5. The van der Waals surface area contributed by atoms with Crippen LogP contribution >= 0.6 is 0 Å². The first kappa shape index (κ1) is 21.9. The van der Waals surface area contributed by atoms with Gasteiger partial charge in [-0.3, -0.25) is 9.79 Å². The minimum absolute atomic E-state index is 0.300. The fraction of sp³-hybridized carbons (Fsp3) is 0.522. The molecule has 3 rings (SSSR count). The molecule has 1 aliphatic rings. The van der Waals surface area contributed by atoms with E-state index in [0.717, 1.165) is 63.5 Å². The molecule has 1 aromatic carbocycles. The molecule has 1 aliphatic heterocycles. The number of carbonyl (C=O) groups is 1. The predicted octanol–water partition coefficient (Wildman–Crippen LogP) is 2.76. The van der Waals surface area contributed by atoms with Crippen LogP contribution in [0.2, 0.25) is 0 Å². The van der Waals surface area contributed by atoms with E-state index in [1.807, 2.05) is 21.8 Å². The molecule has 1 unspecified atom stereocenters. The van der Waals surface area contributed by atoms with Crippen molar-refractivity contribution in [2.75, 3.05) is 26.2 Å². The Bertz CT molecular complexity index is 800. The quantitative estimate of drug-likeness (QED) is 0.467. The third-order valence-corrected chi connectivity index (χ3v) is 5.51. The molecule has 0 aliphatic carbocycles. The van der Waals surface area contributed by atoms with Crippen LogP contribution < -0.4 is 10.6 Å². The van der Waals surface area contributed by atoms with Crippen LogP contribution in [0, 0.1) is 0 Å². The zero-order valence-electron chi connectivity index (χ0n) is 18.2. The van der Waals surface area contributed by atoms with Gasteiger partial charge in [0, 0.05) is 51.0 Å². The van der Waals surface area contributed by atoms with E-state index in [-0.39, 0.29) is 0 Å². The van der Waals surface area contributed by atoms with Crippen LogP contribution in [0.15, 0.2) is 47.7 Å². The molecular formula is C23H34N6O. The molecule has 7 nitrogen and oxygen atoms in total. The van der Waals surface area contributed by atoms with Gasteiger partial charge in [0.05, 0.1) is 5.69 Å². The molecule has 2 heterocycles. The number of hydrogen-bond donors (Lipinski definition) is 2. The second-order valence-corrected chi connectivity index (χ2v) is 7.60. The van der Waals surface area contributed by atoms with Crippen LogP contribution in [0.1, 0.15) is 45.1 Å². The van der Waals surface area contributed by atoms with Crippen LogP contribution in [0.25, 0.3) is 5.69 Å². The van der Waals surface area contributed by atoms with Gasteiger partial charge in [-0.25, -0.2) is 4.68 Å². The predicted molar refractivity (Wildman–Crippen MR) is 121 cm³/mol. The van der Waals surface area contributed by atoms with Gasteiger partial charge in [0.2, 0.25) is 5.91 Å². The average Bonchev–Trinajstić information content (AvgIpc) is 3.44. The zero-order valence-corrected chi connectivity index (χ0v) is 18.2. The number of guanidine groups is 1. The lowest BCUT2D eigenvalue weighted by molar-refractivity contribution is -0.129. The van der Waals surface area contributed by atoms with Gasteiger partial charge in [-0.1, -0.05) is 19.1 Å². The summed E-state index contributed by atoms with van der Waals surface area (Å²) in [4.78, 5) is 18.8. The van der Waals surface area contributed by atoms with Crippen molar-refractivity contribution in [2.24, 2.45) is 4.99 Å². The van der Waals surface area contributed by atoms with Crippen molar-refractivity contribution in [1.29, 1.82) is 0 Å². The van der Waals surface area contributed by atoms with E-state index in [2.05, 4.69) is 53.8 Å². The standard InChI is InChI=1S/C23H34N6O/c1-3-20(28-17-5-7-22(28)30)13-16-26-23(24-4-2)25-15-12-19-8-10-21(11-9-19)29-18-6-14-27-29/h6,8-11,14,18,20H,3-5,7,12-13,15-17H2,1-2H3,(H2,24,25,26). The number of nitrogens with one attached hydrogen (secondary N) is 2. The Hall–Kier alpha value is -2.83. The number of amides is 1. The Kier molecular flexibility index (Phi) is 8.30. The van der Waals surface area contributed by atoms with Gasteiger partial charge >= 0.3 is 0 Å². The van der Waals surface area contributed by atoms with Crippen molar-refractivity contribution in [3.63, 3.8) is 0 Å². The molecule has 0 saturated carbocycles. The highest BCUT2D eigenvalue weighted by molar-refractivity contribution is 5.80. The first-order valence-corrected chi connectivity index (χ1v) is 11.1. The lowest BCUT2D eigenvalue weighted by Gasteiger charge is -2.26. The molecule has 2 N–H and O–H groups in total. The highest BCUT2D eigenvalue weighted by atomic mass is 16.2. The number of rotatable bonds is 10. The molecule has 0 radical (unpaired) electrons. The number of hydrogen-bond acceptors (Lipinski definition) is 3. The Morgan fingerprint density at radius 1 is 1.23 bits per heavy atom. The minimum atomic E-state index is 0.300. The molecule has 7 heteroatoms. The van der Waals surface area contributed by atoms with Gasteiger partial charge < -0.3 is 15.5 Å². The topological polar surface area (TPSA) is 74.6 Å². The van der Waals surface area contributed by atoms with E-state index in [1.54, 1.807) is 6.20 Å². The van der Waals surface area contributed by atoms with Gasteiger partial charge in [0.25, 0.3) is 0 Å². The third kappa shape index (κ3) is 6.08. The average molecular weight is 411 g/mol. The summed E-state index contributed by atoms with van der Waals surface area (Å²) in [7, 11) is 0. The highest BCUT2D eigenvalue weighted by Gasteiger charge is 2.26. The molecule has 0 spiro atoms. The monoisotopic (exact) mass is 410 g/mol. The van der Waals surface area contributed by atoms with Crippen LogP contribution in [0.4, 0.5) is 0 Å². The largest absolute Gasteiger partial charge is 0.357 e. The molecule has 1 atom stereocenters. The van der Waals surface area contributed by atoms with Crippen molar-refractivity contribution in [2.45, 2.75) is 52.0 Å². The summed E-state index contributed by atoms with van der Waals surface area (Å²) < 4.78 is 1.86. The molecule has 1 amide bonds. The molecular weight excluding hydrogens is 376 g/mol. The number of carbonyl (C=O) groups excluding carboxylic acids is 1. The Balaban J connectivity index is 1.45. The lowest BCUT2D eigenvalue weighted by Crippen LogP contribution is -2.39. The minimum Gasteiger partial charge on any atom is -0.357 e. The number of likely N-dealkylation sites (tertiary alicyclic amines) is 1. The third-order valence-electron chi connectivity index (χ3n) is 5.51. The summed E-state index contributed by atoms with van der Waals surface area (Å²) in [6.45, 7) is 7.49. The summed E-state index contributed by atoms with van der Waals surface area (Å²) in [6.07, 6.45) is 8.24. The summed E-state index contributed by atoms with van der Waals surface area (Å²) in [5.41, 5.74) is 2.33. The van der Waals surface area contributed by atoms with Crippen LogP contribution in [0.3, 0.4) is 0 Å². The fourth-order valence-corrected chi connectivity index (χ4v) is 3.86. The van der Waals surface area contributed by atoms with Gasteiger partial charge in [-0.15, -0.1) is 0 Å².